The summed E-state index contributed by atoms with van der Waals surface area (Å²) >= 11 is 4.29. The number of nitrogens with one attached hydrogen (secondary N) is 2. The maximum Gasteiger partial charge on any atom is 0.176 e. The van der Waals surface area contributed by atoms with E-state index >= 15 is 0 Å². The third-order valence-electron chi connectivity index (χ3n) is 3.40. The number of anilines is 2. The molecule has 0 fully saturated rings. The zero-order valence-corrected chi connectivity index (χ0v) is 13.7. The third kappa shape index (κ3) is 3.04. The fraction of sp³-hybridized carbons (Fsp3) is 0.0625. The highest BCUT2D eigenvalue weighted by Crippen LogP contribution is 2.26. The second-order valence-electron chi connectivity index (χ2n) is 5.05. The lowest BCUT2D eigenvalue weighted by molar-refractivity contribution is 1.14. The molecule has 1 aliphatic rings. The van der Waals surface area contributed by atoms with Gasteiger partial charge in [-0.25, -0.2) is 5.01 Å². The van der Waals surface area contributed by atoms with Crippen molar-refractivity contribution >= 4 is 46.9 Å². The summed E-state index contributed by atoms with van der Waals surface area (Å²) in [5.74, 6) is 0.179. The van der Waals surface area contributed by atoms with Crippen molar-refractivity contribution in [1.29, 1.82) is 5.41 Å². The molecule has 1 heterocycles. The van der Waals surface area contributed by atoms with Crippen LogP contribution in [0.5, 0.6) is 0 Å². The van der Waals surface area contributed by atoms with Gasteiger partial charge in [0.05, 0.1) is 17.1 Å². The van der Waals surface area contributed by atoms with Gasteiger partial charge in [0.1, 0.15) is 5.69 Å². The molecule has 0 aromatic heterocycles. The van der Waals surface area contributed by atoms with Crippen molar-refractivity contribution in [2.45, 2.75) is 11.8 Å². The summed E-state index contributed by atoms with van der Waals surface area (Å²) in [5, 5.41) is 21.3. The van der Waals surface area contributed by atoms with Crippen LogP contribution in [0.1, 0.15) is 6.92 Å². The van der Waals surface area contributed by atoms with E-state index in [1.807, 2.05) is 30.3 Å². The summed E-state index contributed by atoms with van der Waals surface area (Å²) in [5.41, 5.74) is 5.62. The van der Waals surface area contributed by atoms with Gasteiger partial charge in [0.2, 0.25) is 0 Å². The van der Waals surface area contributed by atoms with Crippen LogP contribution >= 0.6 is 12.6 Å². The second-order valence-corrected chi connectivity index (χ2v) is 5.53. The van der Waals surface area contributed by atoms with Crippen molar-refractivity contribution in [2.75, 3.05) is 10.4 Å². The highest BCUT2D eigenvalue weighted by molar-refractivity contribution is 7.80. The summed E-state index contributed by atoms with van der Waals surface area (Å²) < 4.78 is 0. The van der Waals surface area contributed by atoms with Crippen LogP contribution in [0.4, 0.5) is 17.1 Å². The van der Waals surface area contributed by atoms with Crippen LogP contribution in [-0.2, 0) is 0 Å². The SMILES string of the molecule is CC1=NN(c2ccccc2)C(=N)/C1=N/Nc1ccc(N=O)cc1S. The molecular weight excluding hydrogens is 324 g/mol. The lowest BCUT2D eigenvalue weighted by Crippen LogP contribution is -2.27. The minimum Gasteiger partial charge on any atom is -0.281 e. The van der Waals surface area contributed by atoms with Crippen molar-refractivity contribution in [2.24, 2.45) is 15.4 Å². The van der Waals surface area contributed by atoms with Gasteiger partial charge in [-0.05, 0) is 42.4 Å². The predicted molar refractivity (Wildman–Crippen MR) is 100.0 cm³/mol. The monoisotopic (exact) mass is 338 g/mol. The van der Waals surface area contributed by atoms with Crippen molar-refractivity contribution in [3.05, 3.63) is 53.4 Å². The van der Waals surface area contributed by atoms with Crippen LogP contribution in [-0.4, -0.2) is 17.3 Å². The fourth-order valence-corrected chi connectivity index (χ4v) is 2.45. The Hall–Kier alpha value is -3.00. The number of rotatable bonds is 4. The van der Waals surface area contributed by atoms with E-state index in [1.54, 1.807) is 19.1 Å². The quantitative estimate of drug-likeness (QED) is 0.446. The summed E-state index contributed by atoms with van der Waals surface area (Å²) in [6.07, 6.45) is 0. The average Bonchev–Trinajstić information content (AvgIpc) is 2.89. The smallest absolute Gasteiger partial charge is 0.176 e. The van der Waals surface area contributed by atoms with Gasteiger partial charge in [-0.1, -0.05) is 18.2 Å². The molecule has 3 rings (SSSR count). The third-order valence-corrected chi connectivity index (χ3v) is 3.77. The average molecular weight is 338 g/mol. The standard InChI is InChI=1S/C16H14N6OS/c1-10-15(16(17)22(20-10)12-5-3-2-4-6-12)19-18-13-8-7-11(21-23)9-14(13)24/h2-9,17-18,24H,1H3/b17-16?,19-15+. The molecule has 0 saturated heterocycles. The Bertz CT molecular complexity index is 862. The molecule has 1 aliphatic heterocycles. The lowest BCUT2D eigenvalue weighted by Gasteiger charge is -2.13. The van der Waals surface area contributed by atoms with Gasteiger partial charge in [0, 0.05) is 4.90 Å². The number of nitroso groups, excluding NO2 is 1. The van der Waals surface area contributed by atoms with Crippen LogP contribution in [0.25, 0.3) is 0 Å². The molecule has 0 bridgehead atoms. The molecule has 0 aliphatic carbocycles. The Kier molecular flexibility index (Phi) is 4.39. The number of hydrazone groups is 2. The topological polar surface area (TPSA) is 93.3 Å². The summed E-state index contributed by atoms with van der Waals surface area (Å²) in [7, 11) is 0. The van der Waals surface area contributed by atoms with E-state index in [9.17, 15) is 4.91 Å². The first-order chi connectivity index (χ1) is 11.6. The zero-order chi connectivity index (χ0) is 17.1. The lowest BCUT2D eigenvalue weighted by atomic mass is 10.2. The minimum absolute atomic E-state index is 0.179. The Morgan fingerprint density at radius 3 is 2.62 bits per heavy atom. The Labute approximate surface area is 144 Å². The van der Waals surface area contributed by atoms with Crippen LogP contribution in [0, 0.1) is 10.3 Å². The van der Waals surface area contributed by atoms with Gasteiger partial charge in [-0.15, -0.1) is 17.5 Å². The van der Waals surface area contributed by atoms with Crippen LogP contribution < -0.4 is 10.4 Å². The molecule has 0 atom stereocenters. The first kappa shape index (κ1) is 15.9. The normalized spacial score (nSPS) is 15.6. The molecule has 7 nitrogen and oxygen atoms in total. The predicted octanol–water partition coefficient (Wildman–Crippen LogP) is 4.01. The van der Waals surface area contributed by atoms with E-state index in [0.717, 1.165) is 5.69 Å². The van der Waals surface area contributed by atoms with Crippen LogP contribution in [0.2, 0.25) is 0 Å². The first-order valence-electron chi connectivity index (χ1n) is 7.10. The maximum absolute atomic E-state index is 10.5. The van der Waals surface area contributed by atoms with Crippen molar-refractivity contribution < 1.29 is 0 Å². The summed E-state index contributed by atoms with van der Waals surface area (Å²) in [4.78, 5) is 11.1. The van der Waals surface area contributed by atoms with E-state index in [1.165, 1.54) is 11.1 Å². The van der Waals surface area contributed by atoms with E-state index < -0.39 is 0 Å². The summed E-state index contributed by atoms with van der Waals surface area (Å²) in [6.45, 7) is 1.79. The molecule has 24 heavy (non-hydrogen) atoms. The van der Waals surface area contributed by atoms with Gasteiger partial charge < -0.3 is 0 Å². The van der Waals surface area contributed by atoms with Gasteiger partial charge in [0.25, 0.3) is 0 Å². The van der Waals surface area contributed by atoms with Gasteiger partial charge >= 0.3 is 0 Å². The number of hydrogen-bond acceptors (Lipinski definition) is 7. The summed E-state index contributed by atoms with van der Waals surface area (Å²) in [6, 6.07) is 14.2. The van der Waals surface area contributed by atoms with Crippen molar-refractivity contribution in [3.63, 3.8) is 0 Å². The highest BCUT2D eigenvalue weighted by atomic mass is 32.1. The number of nitrogens with zero attached hydrogens (tertiary/aromatic N) is 4. The Morgan fingerprint density at radius 1 is 1.21 bits per heavy atom. The van der Waals surface area contributed by atoms with E-state index in [-0.39, 0.29) is 5.84 Å². The molecule has 120 valence electrons. The molecule has 2 aromatic rings. The van der Waals surface area contributed by atoms with Gasteiger partial charge in [-0.3, -0.25) is 10.8 Å². The Balaban J connectivity index is 1.83. The number of amidine groups is 1. The van der Waals surface area contributed by atoms with E-state index in [0.29, 0.717) is 27.7 Å². The molecule has 8 heteroatoms. The van der Waals surface area contributed by atoms with Crippen LogP contribution in [0.15, 0.2) is 68.8 Å². The highest BCUT2D eigenvalue weighted by Gasteiger charge is 2.27. The molecule has 2 aromatic carbocycles. The van der Waals surface area contributed by atoms with Crippen LogP contribution in [0.3, 0.4) is 0 Å². The molecular formula is C16H14N6OS. The van der Waals surface area contributed by atoms with E-state index in [4.69, 9.17) is 5.41 Å². The van der Waals surface area contributed by atoms with E-state index in [2.05, 4.69) is 33.4 Å². The minimum atomic E-state index is 0.179. The molecule has 2 N–H and O–H groups in total. The molecule has 0 radical (unpaired) electrons. The molecule has 0 saturated carbocycles. The fourth-order valence-electron chi connectivity index (χ4n) is 2.20. The second kappa shape index (κ2) is 6.63. The number of para-hydroxylation sites is 1. The molecule has 0 unspecified atom stereocenters. The maximum atomic E-state index is 10.5. The Morgan fingerprint density at radius 2 is 1.96 bits per heavy atom. The number of thiol groups is 1. The zero-order valence-electron chi connectivity index (χ0n) is 12.8. The van der Waals surface area contributed by atoms with Crippen molar-refractivity contribution in [1.82, 2.24) is 0 Å². The first-order valence-corrected chi connectivity index (χ1v) is 7.54. The number of benzene rings is 2. The largest absolute Gasteiger partial charge is 0.281 e. The van der Waals surface area contributed by atoms with Gasteiger partial charge in [0.15, 0.2) is 11.5 Å². The molecule has 0 spiro atoms. The number of hydrogen-bond donors (Lipinski definition) is 3. The van der Waals surface area contributed by atoms with Crippen molar-refractivity contribution in [3.8, 4) is 0 Å². The van der Waals surface area contributed by atoms with Gasteiger partial charge in [-0.2, -0.15) is 10.2 Å². The molecule has 0 amide bonds.